The molecule has 2 aromatic heterocycles. The van der Waals surface area contributed by atoms with Crippen LogP contribution in [0.2, 0.25) is 5.02 Å². The zero-order valence-electron chi connectivity index (χ0n) is 15.6. The van der Waals surface area contributed by atoms with Crippen molar-refractivity contribution < 1.29 is 9.59 Å². The number of benzene rings is 1. The lowest BCUT2D eigenvalue weighted by atomic mass is 9.95. The molecule has 0 saturated carbocycles. The summed E-state index contributed by atoms with van der Waals surface area (Å²) in [6, 6.07) is 12.5. The summed E-state index contributed by atoms with van der Waals surface area (Å²) in [5, 5.41) is 10.5. The van der Waals surface area contributed by atoms with Crippen LogP contribution in [0.1, 0.15) is 23.3 Å². The first-order chi connectivity index (χ1) is 14.1. The van der Waals surface area contributed by atoms with Crippen LogP contribution in [0.25, 0.3) is 11.3 Å². The molecular weight excluding hydrogens is 390 g/mol. The van der Waals surface area contributed by atoms with Gasteiger partial charge in [-0.2, -0.15) is 5.10 Å². The maximum atomic E-state index is 12.8. The van der Waals surface area contributed by atoms with Crippen LogP contribution in [-0.4, -0.2) is 45.0 Å². The maximum Gasteiger partial charge on any atom is 0.274 e. The monoisotopic (exact) mass is 409 g/mol. The molecule has 3 aromatic rings. The SMILES string of the molecule is O=C(Nc1cccc(Cl)c1)C1CCN(C(=O)c2cc(-c3ccncc3)[nH]n2)CC1. The molecule has 1 aliphatic rings. The number of likely N-dealkylation sites (tertiary alicyclic amines) is 1. The van der Waals surface area contributed by atoms with E-state index < -0.39 is 0 Å². The van der Waals surface area contributed by atoms with E-state index in [1.165, 1.54) is 0 Å². The smallest absolute Gasteiger partial charge is 0.274 e. The van der Waals surface area contributed by atoms with Gasteiger partial charge in [-0.3, -0.25) is 19.7 Å². The number of nitrogens with one attached hydrogen (secondary N) is 2. The summed E-state index contributed by atoms with van der Waals surface area (Å²) in [5.41, 5.74) is 2.74. The molecule has 1 aliphatic heterocycles. The number of carbonyl (C=O) groups is 2. The van der Waals surface area contributed by atoms with Gasteiger partial charge in [-0.25, -0.2) is 0 Å². The van der Waals surface area contributed by atoms with Gasteiger partial charge in [0.1, 0.15) is 0 Å². The number of piperidine rings is 1. The summed E-state index contributed by atoms with van der Waals surface area (Å²) in [7, 11) is 0. The molecule has 1 fully saturated rings. The van der Waals surface area contributed by atoms with Crippen molar-refractivity contribution in [2.24, 2.45) is 5.92 Å². The van der Waals surface area contributed by atoms with Crippen molar-refractivity contribution in [1.29, 1.82) is 0 Å². The predicted molar refractivity (Wildman–Crippen MR) is 111 cm³/mol. The van der Waals surface area contributed by atoms with Crippen molar-refractivity contribution in [3.05, 3.63) is 65.6 Å². The van der Waals surface area contributed by atoms with Crippen molar-refractivity contribution in [3.63, 3.8) is 0 Å². The first kappa shape index (κ1) is 19.1. The Balaban J connectivity index is 1.34. The van der Waals surface area contributed by atoms with E-state index in [4.69, 9.17) is 11.6 Å². The number of nitrogens with zero attached hydrogens (tertiary/aromatic N) is 3. The Labute approximate surface area is 173 Å². The van der Waals surface area contributed by atoms with Crippen LogP contribution in [0, 0.1) is 5.92 Å². The van der Waals surface area contributed by atoms with Gasteiger partial charge in [0.15, 0.2) is 5.69 Å². The van der Waals surface area contributed by atoms with Crippen molar-refractivity contribution in [1.82, 2.24) is 20.1 Å². The van der Waals surface area contributed by atoms with Gasteiger partial charge < -0.3 is 10.2 Å². The van der Waals surface area contributed by atoms with Crippen LogP contribution in [0.4, 0.5) is 5.69 Å². The molecule has 8 heteroatoms. The molecule has 7 nitrogen and oxygen atoms in total. The third-order valence-electron chi connectivity index (χ3n) is 5.03. The Morgan fingerprint density at radius 3 is 2.59 bits per heavy atom. The molecular formula is C21H20ClN5O2. The number of H-pyrrole nitrogens is 1. The van der Waals surface area contributed by atoms with Gasteiger partial charge in [0, 0.05) is 47.7 Å². The van der Waals surface area contributed by atoms with Crippen molar-refractivity contribution in [2.75, 3.05) is 18.4 Å². The molecule has 4 rings (SSSR count). The van der Waals surface area contributed by atoms with Gasteiger partial charge >= 0.3 is 0 Å². The largest absolute Gasteiger partial charge is 0.337 e. The number of halogens is 1. The van der Waals surface area contributed by atoms with Crippen molar-refractivity contribution >= 4 is 29.1 Å². The lowest BCUT2D eigenvalue weighted by molar-refractivity contribution is -0.121. The Morgan fingerprint density at radius 2 is 1.86 bits per heavy atom. The molecule has 148 valence electrons. The van der Waals surface area contributed by atoms with Gasteiger partial charge in [-0.15, -0.1) is 0 Å². The van der Waals surface area contributed by atoms with Gasteiger partial charge in [0.2, 0.25) is 5.91 Å². The molecule has 1 saturated heterocycles. The van der Waals surface area contributed by atoms with Gasteiger partial charge in [0.05, 0.1) is 5.69 Å². The molecule has 0 unspecified atom stereocenters. The van der Waals surface area contributed by atoms with E-state index in [2.05, 4.69) is 20.5 Å². The average Bonchev–Trinajstić information content (AvgIpc) is 3.24. The zero-order valence-corrected chi connectivity index (χ0v) is 16.4. The molecule has 1 aromatic carbocycles. The second-order valence-corrected chi connectivity index (χ2v) is 7.41. The van der Waals surface area contributed by atoms with Gasteiger partial charge in [-0.05, 0) is 49.2 Å². The molecule has 0 atom stereocenters. The fourth-order valence-corrected chi connectivity index (χ4v) is 3.62. The van der Waals surface area contributed by atoms with E-state index in [9.17, 15) is 9.59 Å². The van der Waals surface area contributed by atoms with E-state index in [1.54, 1.807) is 47.6 Å². The molecule has 0 aliphatic carbocycles. The highest BCUT2D eigenvalue weighted by atomic mass is 35.5. The number of aromatic amines is 1. The summed E-state index contributed by atoms with van der Waals surface area (Å²) >= 11 is 5.96. The van der Waals surface area contributed by atoms with Crippen LogP contribution >= 0.6 is 11.6 Å². The highest BCUT2D eigenvalue weighted by molar-refractivity contribution is 6.30. The zero-order chi connectivity index (χ0) is 20.2. The Bertz CT molecular complexity index is 1010. The molecule has 29 heavy (non-hydrogen) atoms. The second kappa shape index (κ2) is 8.45. The van der Waals surface area contributed by atoms with Gasteiger partial charge in [0.25, 0.3) is 5.91 Å². The standard InChI is InChI=1S/C21H20ClN5O2/c22-16-2-1-3-17(12-16)24-20(28)15-6-10-27(11-7-15)21(29)19-13-18(25-26-19)14-4-8-23-9-5-14/h1-5,8-9,12-13,15H,6-7,10-11H2,(H,24,28)(H,25,26). The quantitative estimate of drug-likeness (QED) is 0.688. The van der Waals surface area contributed by atoms with Crippen molar-refractivity contribution in [3.8, 4) is 11.3 Å². The van der Waals surface area contributed by atoms with E-state index in [0.717, 1.165) is 11.3 Å². The van der Waals surface area contributed by atoms with Gasteiger partial charge in [-0.1, -0.05) is 17.7 Å². The molecule has 3 heterocycles. The minimum atomic E-state index is -0.135. The maximum absolute atomic E-state index is 12.8. The highest BCUT2D eigenvalue weighted by Gasteiger charge is 2.29. The van der Waals surface area contributed by atoms with Crippen LogP contribution in [0.3, 0.4) is 0 Å². The fourth-order valence-electron chi connectivity index (χ4n) is 3.43. The number of carbonyl (C=O) groups excluding carboxylic acids is 2. The summed E-state index contributed by atoms with van der Waals surface area (Å²) in [6.45, 7) is 1.04. The summed E-state index contributed by atoms with van der Waals surface area (Å²) in [5.74, 6) is -0.307. The van der Waals surface area contributed by atoms with Crippen LogP contribution in [-0.2, 0) is 4.79 Å². The molecule has 2 N–H and O–H groups in total. The number of rotatable bonds is 4. The molecule has 0 radical (unpaired) electrons. The number of amides is 2. The number of hydrogen-bond donors (Lipinski definition) is 2. The lowest BCUT2D eigenvalue weighted by Crippen LogP contribution is -2.41. The van der Waals surface area contributed by atoms with E-state index >= 15 is 0 Å². The number of hydrogen-bond acceptors (Lipinski definition) is 4. The van der Waals surface area contributed by atoms with E-state index in [0.29, 0.717) is 42.3 Å². The van der Waals surface area contributed by atoms with Crippen LogP contribution < -0.4 is 5.32 Å². The normalized spacial score (nSPS) is 14.6. The minimum absolute atomic E-state index is 0.0425. The average molecular weight is 410 g/mol. The summed E-state index contributed by atoms with van der Waals surface area (Å²) in [6.07, 6.45) is 4.60. The topological polar surface area (TPSA) is 91.0 Å². The van der Waals surface area contributed by atoms with E-state index in [-0.39, 0.29) is 17.7 Å². The highest BCUT2D eigenvalue weighted by Crippen LogP contribution is 2.23. The first-order valence-electron chi connectivity index (χ1n) is 9.41. The van der Waals surface area contributed by atoms with E-state index in [1.807, 2.05) is 12.1 Å². The van der Waals surface area contributed by atoms with Crippen LogP contribution in [0.5, 0.6) is 0 Å². The third kappa shape index (κ3) is 4.46. The number of aromatic nitrogens is 3. The molecule has 0 spiro atoms. The number of anilines is 1. The summed E-state index contributed by atoms with van der Waals surface area (Å²) in [4.78, 5) is 31.0. The minimum Gasteiger partial charge on any atom is -0.337 e. The molecule has 2 amide bonds. The lowest BCUT2D eigenvalue weighted by Gasteiger charge is -2.30. The third-order valence-corrected chi connectivity index (χ3v) is 5.27. The number of pyridine rings is 1. The first-order valence-corrected chi connectivity index (χ1v) is 9.79. The second-order valence-electron chi connectivity index (χ2n) is 6.97. The molecule has 0 bridgehead atoms. The Morgan fingerprint density at radius 1 is 1.10 bits per heavy atom. The van der Waals surface area contributed by atoms with Crippen LogP contribution in [0.15, 0.2) is 54.9 Å². The Hall–Kier alpha value is -3.19. The summed E-state index contributed by atoms with van der Waals surface area (Å²) < 4.78 is 0. The predicted octanol–water partition coefficient (Wildman–Crippen LogP) is 3.62. The fraction of sp³-hybridized carbons (Fsp3) is 0.238. The van der Waals surface area contributed by atoms with Crippen molar-refractivity contribution in [2.45, 2.75) is 12.8 Å². The Kier molecular flexibility index (Phi) is 5.57.